The minimum Gasteiger partial charge on any atom is -0.350 e. The summed E-state index contributed by atoms with van der Waals surface area (Å²) >= 11 is 0. The van der Waals surface area contributed by atoms with Crippen molar-refractivity contribution in [1.29, 1.82) is 0 Å². The van der Waals surface area contributed by atoms with E-state index in [1.807, 2.05) is 24.5 Å². The van der Waals surface area contributed by atoms with Crippen molar-refractivity contribution in [2.75, 3.05) is 6.54 Å². The van der Waals surface area contributed by atoms with Crippen LogP contribution >= 0.6 is 12.4 Å². The molecule has 0 atom stereocenters. The highest BCUT2D eigenvalue weighted by Gasteiger charge is 2.21. The SMILES string of the molecule is CC(C)(N)CNC(=O)c1ccc2c(c1)[nH]c(=O)n2C1CCCC1.Cl. The molecule has 1 fully saturated rings. The summed E-state index contributed by atoms with van der Waals surface area (Å²) in [7, 11) is 0. The third-order valence-electron chi connectivity index (χ3n) is 4.37. The van der Waals surface area contributed by atoms with Crippen LogP contribution in [0.1, 0.15) is 55.9 Å². The molecule has 6 nitrogen and oxygen atoms in total. The molecule has 0 aliphatic heterocycles. The van der Waals surface area contributed by atoms with Crippen LogP contribution in [-0.4, -0.2) is 27.5 Å². The summed E-state index contributed by atoms with van der Waals surface area (Å²) in [6.45, 7) is 4.11. The Morgan fingerprint density at radius 2 is 2.04 bits per heavy atom. The summed E-state index contributed by atoms with van der Waals surface area (Å²) in [5.41, 5.74) is 7.44. The fourth-order valence-corrected chi connectivity index (χ4v) is 3.21. The molecule has 0 bridgehead atoms. The Kier molecular flexibility index (Phi) is 5.40. The average Bonchev–Trinajstić information content (AvgIpc) is 3.09. The second-order valence-corrected chi connectivity index (χ2v) is 7.14. The zero-order valence-electron chi connectivity index (χ0n) is 14.1. The third-order valence-corrected chi connectivity index (χ3v) is 4.37. The van der Waals surface area contributed by atoms with E-state index in [4.69, 9.17) is 5.73 Å². The fourth-order valence-electron chi connectivity index (χ4n) is 3.21. The van der Waals surface area contributed by atoms with Gasteiger partial charge in [-0.1, -0.05) is 12.8 Å². The minimum absolute atomic E-state index is 0. The summed E-state index contributed by atoms with van der Waals surface area (Å²) in [6, 6.07) is 5.63. The molecule has 1 amide bonds. The Morgan fingerprint density at radius 1 is 1.38 bits per heavy atom. The lowest BCUT2D eigenvalue weighted by atomic mass is 10.1. The molecule has 0 radical (unpaired) electrons. The van der Waals surface area contributed by atoms with Crippen LogP contribution in [0.2, 0.25) is 0 Å². The van der Waals surface area contributed by atoms with Gasteiger partial charge in [0.1, 0.15) is 0 Å². The number of imidazole rings is 1. The molecular formula is C17H25ClN4O2. The highest BCUT2D eigenvalue weighted by Crippen LogP contribution is 2.30. The molecule has 24 heavy (non-hydrogen) atoms. The monoisotopic (exact) mass is 352 g/mol. The van der Waals surface area contributed by atoms with Crippen molar-refractivity contribution in [2.24, 2.45) is 5.73 Å². The van der Waals surface area contributed by atoms with Gasteiger partial charge >= 0.3 is 5.69 Å². The predicted molar refractivity (Wildman–Crippen MR) is 97.9 cm³/mol. The van der Waals surface area contributed by atoms with Crippen molar-refractivity contribution in [3.05, 3.63) is 34.2 Å². The maximum atomic E-state index is 12.3. The summed E-state index contributed by atoms with van der Waals surface area (Å²) in [4.78, 5) is 27.3. The first-order valence-corrected chi connectivity index (χ1v) is 8.16. The van der Waals surface area contributed by atoms with Gasteiger partial charge in [-0.15, -0.1) is 12.4 Å². The van der Waals surface area contributed by atoms with Crippen molar-refractivity contribution >= 4 is 29.3 Å². The average molecular weight is 353 g/mol. The standard InChI is InChI=1S/C17H24N4O2.ClH/c1-17(2,18)10-19-15(22)11-7-8-14-13(9-11)20-16(23)21(14)12-5-3-4-6-12;/h7-9,12H,3-6,10,18H2,1-2H3,(H,19,22)(H,20,23);1H. The van der Waals surface area contributed by atoms with E-state index in [0.717, 1.165) is 18.4 Å². The summed E-state index contributed by atoms with van der Waals surface area (Å²) in [5, 5.41) is 2.82. The molecule has 1 aromatic carbocycles. The summed E-state index contributed by atoms with van der Waals surface area (Å²) < 4.78 is 1.84. The van der Waals surface area contributed by atoms with Gasteiger partial charge in [0.25, 0.3) is 5.91 Å². The second kappa shape index (κ2) is 6.99. The van der Waals surface area contributed by atoms with Gasteiger partial charge < -0.3 is 16.0 Å². The van der Waals surface area contributed by atoms with Gasteiger partial charge in [-0.3, -0.25) is 9.36 Å². The highest BCUT2D eigenvalue weighted by atomic mass is 35.5. The number of carbonyl (C=O) groups is 1. The van der Waals surface area contributed by atoms with Gasteiger partial charge in [-0.25, -0.2) is 4.79 Å². The number of hydrogen-bond acceptors (Lipinski definition) is 3. The van der Waals surface area contributed by atoms with Crippen LogP contribution in [0.25, 0.3) is 11.0 Å². The van der Waals surface area contributed by atoms with Gasteiger partial charge in [0, 0.05) is 23.7 Å². The van der Waals surface area contributed by atoms with E-state index in [9.17, 15) is 9.59 Å². The predicted octanol–water partition coefficient (Wildman–Crippen LogP) is 2.33. The summed E-state index contributed by atoms with van der Waals surface area (Å²) in [5.74, 6) is -0.181. The first-order chi connectivity index (χ1) is 10.8. The number of hydrogen-bond donors (Lipinski definition) is 3. The number of fused-ring (bicyclic) bond motifs is 1. The first kappa shape index (κ1) is 18.5. The lowest BCUT2D eigenvalue weighted by molar-refractivity contribution is 0.0946. The van der Waals surface area contributed by atoms with Crippen molar-refractivity contribution in [3.63, 3.8) is 0 Å². The topological polar surface area (TPSA) is 92.9 Å². The van der Waals surface area contributed by atoms with Gasteiger partial charge in [-0.2, -0.15) is 0 Å². The molecule has 132 valence electrons. The quantitative estimate of drug-likeness (QED) is 0.788. The molecule has 0 saturated heterocycles. The van der Waals surface area contributed by atoms with Gasteiger partial charge in [0.2, 0.25) is 0 Å². The normalized spacial score (nSPS) is 15.5. The van der Waals surface area contributed by atoms with Crippen molar-refractivity contribution < 1.29 is 4.79 Å². The van der Waals surface area contributed by atoms with Gasteiger partial charge in [0.15, 0.2) is 0 Å². The molecular weight excluding hydrogens is 328 g/mol. The molecule has 2 aromatic rings. The number of nitrogens with zero attached hydrogens (tertiary/aromatic N) is 1. The summed E-state index contributed by atoms with van der Waals surface area (Å²) in [6.07, 6.45) is 4.42. The van der Waals surface area contributed by atoms with Crippen molar-refractivity contribution in [3.8, 4) is 0 Å². The number of H-pyrrole nitrogens is 1. The molecule has 7 heteroatoms. The number of nitrogens with one attached hydrogen (secondary N) is 2. The lowest BCUT2D eigenvalue weighted by Gasteiger charge is -2.18. The number of nitrogens with two attached hydrogens (primary N) is 1. The van der Waals surface area contributed by atoms with Crippen LogP contribution in [0.3, 0.4) is 0 Å². The number of aromatic nitrogens is 2. The largest absolute Gasteiger partial charge is 0.350 e. The fraction of sp³-hybridized carbons (Fsp3) is 0.529. The number of halogens is 1. The Labute approximate surface area is 147 Å². The van der Waals surface area contributed by atoms with Crippen LogP contribution in [0.4, 0.5) is 0 Å². The molecule has 0 spiro atoms. The second-order valence-electron chi connectivity index (χ2n) is 7.14. The van der Waals surface area contributed by atoms with Crippen LogP contribution < -0.4 is 16.7 Å². The Bertz CT molecular complexity index is 782. The van der Waals surface area contributed by atoms with Gasteiger partial charge in [-0.05, 0) is 44.9 Å². The van der Waals surface area contributed by atoms with Crippen LogP contribution in [0.5, 0.6) is 0 Å². The van der Waals surface area contributed by atoms with Crippen LogP contribution in [-0.2, 0) is 0 Å². The van der Waals surface area contributed by atoms with E-state index in [1.165, 1.54) is 12.8 Å². The molecule has 1 saturated carbocycles. The van der Waals surface area contributed by atoms with E-state index in [2.05, 4.69) is 10.3 Å². The Balaban J connectivity index is 0.00000208. The van der Waals surface area contributed by atoms with E-state index in [1.54, 1.807) is 12.1 Å². The first-order valence-electron chi connectivity index (χ1n) is 8.16. The minimum atomic E-state index is -0.458. The maximum Gasteiger partial charge on any atom is 0.326 e. The zero-order valence-corrected chi connectivity index (χ0v) is 14.9. The molecule has 0 unspecified atom stereocenters. The van der Waals surface area contributed by atoms with Crippen LogP contribution in [0.15, 0.2) is 23.0 Å². The highest BCUT2D eigenvalue weighted by molar-refractivity contribution is 5.97. The Morgan fingerprint density at radius 3 is 2.67 bits per heavy atom. The number of carbonyl (C=O) groups excluding carboxylic acids is 1. The molecule has 3 rings (SSSR count). The number of rotatable bonds is 4. The van der Waals surface area contributed by atoms with E-state index in [0.29, 0.717) is 17.6 Å². The van der Waals surface area contributed by atoms with E-state index >= 15 is 0 Å². The third kappa shape index (κ3) is 3.82. The van der Waals surface area contributed by atoms with Crippen molar-refractivity contribution in [1.82, 2.24) is 14.9 Å². The van der Waals surface area contributed by atoms with E-state index in [-0.39, 0.29) is 30.0 Å². The van der Waals surface area contributed by atoms with Crippen LogP contribution in [0, 0.1) is 0 Å². The molecule has 1 aliphatic rings. The van der Waals surface area contributed by atoms with Gasteiger partial charge in [0.05, 0.1) is 11.0 Å². The number of amides is 1. The Hall–Kier alpha value is -1.79. The molecule has 4 N–H and O–H groups in total. The smallest absolute Gasteiger partial charge is 0.326 e. The van der Waals surface area contributed by atoms with Crippen molar-refractivity contribution in [2.45, 2.75) is 51.1 Å². The zero-order chi connectivity index (χ0) is 16.6. The molecule has 1 heterocycles. The molecule has 1 aliphatic carbocycles. The molecule has 1 aromatic heterocycles. The lowest BCUT2D eigenvalue weighted by Crippen LogP contribution is -2.45. The number of benzene rings is 1. The number of aromatic amines is 1. The van der Waals surface area contributed by atoms with E-state index < -0.39 is 5.54 Å². The maximum absolute atomic E-state index is 12.3.